The van der Waals surface area contributed by atoms with Crippen molar-refractivity contribution in [2.45, 2.75) is 25.8 Å². The van der Waals surface area contributed by atoms with E-state index in [1.807, 2.05) is 18.2 Å². The van der Waals surface area contributed by atoms with Crippen LogP contribution < -0.4 is 24.4 Å². The maximum absolute atomic E-state index is 6.55. The Morgan fingerprint density at radius 2 is 1.56 bits per heavy atom. The summed E-state index contributed by atoms with van der Waals surface area (Å²) < 4.78 is 16.2. The Hall–Kier alpha value is -2.27. The fraction of sp³-hybridized carbons (Fsp3) is 0.429. The van der Waals surface area contributed by atoms with E-state index >= 15 is 0 Å². The van der Waals surface area contributed by atoms with Gasteiger partial charge in [0.15, 0.2) is 11.5 Å². The highest BCUT2D eigenvalue weighted by Gasteiger charge is 2.15. The van der Waals surface area contributed by atoms with Gasteiger partial charge in [-0.1, -0.05) is 11.6 Å². The molecule has 2 aromatic rings. The normalized spacial score (nSPS) is 14.0. The number of nitrogens with one attached hydrogen (secondary N) is 1. The molecule has 0 spiro atoms. The van der Waals surface area contributed by atoms with Crippen LogP contribution in [0.2, 0.25) is 5.02 Å². The summed E-state index contributed by atoms with van der Waals surface area (Å²) in [5.41, 5.74) is 3.06. The number of benzene rings is 2. The van der Waals surface area contributed by atoms with Crippen LogP contribution in [0.4, 0.5) is 11.4 Å². The molecule has 1 aliphatic rings. The van der Waals surface area contributed by atoms with Crippen LogP contribution in [0.5, 0.6) is 17.2 Å². The molecule has 0 atom stereocenters. The van der Waals surface area contributed by atoms with Gasteiger partial charge in [0.05, 0.1) is 32.0 Å². The molecule has 3 rings (SSSR count). The van der Waals surface area contributed by atoms with E-state index < -0.39 is 0 Å². The second-order valence-electron chi connectivity index (χ2n) is 6.59. The molecule has 0 aromatic heterocycles. The van der Waals surface area contributed by atoms with E-state index in [0.29, 0.717) is 18.0 Å². The molecular formula is C21H27ClN2O3. The Labute approximate surface area is 166 Å². The van der Waals surface area contributed by atoms with Gasteiger partial charge in [0.25, 0.3) is 0 Å². The molecule has 1 aliphatic heterocycles. The molecule has 1 N–H and O–H groups in total. The van der Waals surface area contributed by atoms with E-state index in [2.05, 4.69) is 22.3 Å². The standard InChI is InChI=1S/C21H27ClN2O3/c1-25-19-13-21(27-3)20(26-2)11-15(19)14-23-16-7-8-18(17(22)12-16)24-9-5-4-6-10-24/h7-8,11-13,23H,4-6,9-10,14H2,1-3H3. The van der Waals surface area contributed by atoms with Gasteiger partial charge < -0.3 is 24.4 Å². The first kappa shape index (κ1) is 19.5. The molecular weight excluding hydrogens is 364 g/mol. The molecule has 146 valence electrons. The van der Waals surface area contributed by atoms with Crippen molar-refractivity contribution in [1.29, 1.82) is 0 Å². The van der Waals surface area contributed by atoms with Crippen LogP contribution >= 0.6 is 11.6 Å². The summed E-state index contributed by atoms with van der Waals surface area (Å²) in [6.07, 6.45) is 3.77. The summed E-state index contributed by atoms with van der Waals surface area (Å²) in [5, 5.41) is 4.19. The van der Waals surface area contributed by atoms with E-state index in [9.17, 15) is 0 Å². The predicted octanol–water partition coefficient (Wildman–Crippen LogP) is 4.97. The number of piperidine rings is 1. The number of halogens is 1. The van der Waals surface area contributed by atoms with Crippen molar-refractivity contribution in [1.82, 2.24) is 0 Å². The smallest absolute Gasteiger partial charge is 0.164 e. The van der Waals surface area contributed by atoms with Crippen molar-refractivity contribution in [3.05, 3.63) is 40.9 Å². The van der Waals surface area contributed by atoms with Gasteiger partial charge in [-0.2, -0.15) is 0 Å². The van der Waals surface area contributed by atoms with Crippen molar-refractivity contribution >= 4 is 23.0 Å². The van der Waals surface area contributed by atoms with E-state index in [1.165, 1.54) is 19.3 Å². The molecule has 0 unspecified atom stereocenters. The number of nitrogens with zero attached hydrogens (tertiary/aromatic N) is 1. The first-order valence-corrected chi connectivity index (χ1v) is 9.61. The van der Waals surface area contributed by atoms with Gasteiger partial charge in [-0.3, -0.25) is 0 Å². The second-order valence-corrected chi connectivity index (χ2v) is 6.99. The highest BCUT2D eigenvalue weighted by atomic mass is 35.5. The largest absolute Gasteiger partial charge is 0.496 e. The molecule has 1 fully saturated rings. The highest BCUT2D eigenvalue weighted by Crippen LogP contribution is 2.35. The fourth-order valence-corrected chi connectivity index (χ4v) is 3.74. The van der Waals surface area contributed by atoms with Crippen LogP contribution in [-0.2, 0) is 6.54 Å². The number of hydrogen-bond donors (Lipinski definition) is 1. The van der Waals surface area contributed by atoms with Gasteiger partial charge in [0, 0.05) is 37.0 Å². The average Bonchev–Trinajstić information content (AvgIpc) is 2.72. The van der Waals surface area contributed by atoms with Gasteiger partial charge in [0.2, 0.25) is 0 Å². The van der Waals surface area contributed by atoms with E-state index in [4.69, 9.17) is 25.8 Å². The molecule has 1 heterocycles. The topological polar surface area (TPSA) is 43.0 Å². The predicted molar refractivity (Wildman–Crippen MR) is 111 cm³/mol. The SMILES string of the molecule is COc1cc(OC)c(OC)cc1CNc1ccc(N2CCCCC2)c(Cl)c1. The maximum Gasteiger partial charge on any atom is 0.164 e. The van der Waals surface area contributed by atoms with Gasteiger partial charge >= 0.3 is 0 Å². The third-order valence-corrected chi connectivity index (χ3v) is 5.22. The van der Waals surface area contributed by atoms with Gasteiger partial charge in [0.1, 0.15) is 5.75 Å². The minimum absolute atomic E-state index is 0.586. The summed E-state index contributed by atoms with van der Waals surface area (Å²) in [7, 11) is 4.89. The minimum atomic E-state index is 0.586. The summed E-state index contributed by atoms with van der Waals surface area (Å²) >= 11 is 6.55. The van der Waals surface area contributed by atoms with Crippen molar-refractivity contribution < 1.29 is 14.2 Å². The molecule has 27 heavy (non-hydrogen) atoms. The average molecular weight is 391 g/mol. The first-order chi connectivity index (χ1) is 13.2. The Bertz CT molecular complexity index is 776. The number of methoxy groups -OCH3 is 3. The lowest BCUT2D eigenvalue weighted by atomic mass is 10.1. The summed E-state index contributed by atoms with van der Waals surface area (Å²) in [4.78, 5) is 2.37. The summed E-state index contributed by atoms with van der Waals surface area (Å²) in [5.74, 6) is 2.07. The first-order valence-electron chi connectivity index (χ1n) is 9.23. The molecule has 1 saturated heterocycles. The van der Waals surface area contributed by atoms with Crippen molar-refractivity contribution in [2.75, 3.05) is 44.6 Å². The van der Waals surface area contributed by atoms with Crippen LogP contribution in [0.3, 0.4) is 0 Å². The molecule has 5 nitrogen and oxygen atoms in total. The fourth-order valence-electron chi connectivity index (χ4n) is 3.44. The van der Waals surface area contributed by atoms with Crippen molar-refractivity contribution in [3.63, 3.8) is 0 Å². The Morgan fingerprint density at radius 1 is 0.889 bits per heavy atom. The second kappa shape index (κ2) is 9.09. The lowest BCUT2D eigenvalue weighted by Gasteiger charge is -2.29. The molecule has 0 radical (unpaired) electrons. The Morgan fingerprint density at radius 3 is 2.19 bits per heavy atom. The van der Waals surface area contributed by atoms with E-state index in [-0.39, 0.29) is 0 Å². The molecule has 6 heteroatoms. The van der Waals surface area contributed by atoms with Gasteiger partial charge in [-0.15, -0.1) is 0 Å². The van der Waals surface area contributed by atoms with Gasteiger partial charge in [-0.25, -0.2) is 0 Å². The molecule has 0 saturated carbocycles. The van der Waals surface area contributed by atoms with E-state index in [0.717, 1.165) is 40.8 Å². The monoisotopic (exact) mass is 390 g/mol. The maximum atomic E-state index is 6.55. The number of ether oxygens (including phenoxy) is 3. The van der Waals surface area contributed by atoms with Crippen molar-refractivity contribution in [2.24, 2.45) is 0 Å². The van der Waals surface area contributed by atoms with Crippen LogP contribution in [0, 0.1) is 0 Å². The summed E-state index contributed by atoms with van der Waals surface area (Å²) in [6, 6.07) is 9.92. The molecule has 2 aromatic carbocycles. The molecule has 0 aliphatic carbocycles. The molecule has 0 amide bonds. The van der Waals surface area contributed by atoms with E-state index in [1.54, 1.807) is 21.3 Å². The van der Waals surface area contributed by atoms with Gasteiger partial charge in [-0.05, 0) is 43.5 Å². The quantitative estimate of drug-likeness (QED) is 0.723. The minimum Gasteiger partial charge on any atom is -0.496 e. The molecule has 0 bridgehead atoms. The third kappa shape index (κ3) is 4.53. The zero-order valence-corrected chi connectivity index (χ0v) is 16.9. The van der Waals surface area contributed by atoms with Crippen LogP contribution in [0.25, 0.3) is 0 Å². The van der Waals surface area contributed by atoms with Crippen LogP contribution in [0.1, 0.15) is 24.8 Å². The van der Waals surface area contributed by atoms with Crippen LogP contribution in [0.15, 0.2) is 30.3 Å². The number of hydrogen-bond acceptors (Lipinski definition) is 5. The number of anilines is 2. The Kier molecular flexibility index (Phi) is 6.56. The zero-order chi connectivity index (χ0) is 19.2. The summed E-state index contributed by atoms with van der Waals surface area (Å²) in [6.45, 7) is 2.74. The van der Waals surface area contributed by atoms with Crippen molar-refractivity contribution in [3.8, 4) is 17.2 Å². The lowest BCUT2D eigenvalue weighted by molar-refractivity contribution is 0.347. The Balaban J connectivity index is 1.73. The number of rotatable bonds is 7. The third-order valence-electron chi connectivity index (χ3n) is 4.91. The lowest BCUT2D eigenvalue weighted by Crippen LogP contribution is -2.29. The zero-order valence-electron chi connectivity index (χ0n) is 16.2. The van der Waals surface area contributed by atoms with Crippen LogP contribution in [-0.4, -0.2) is 34.4 Å². The highest BCUT2D eigenvalue weighted by molar-refractivity contribution is 6.33.